The number of aliphatic hydroxyl groups excluding tert-OH is 5. The molecule has 1 aliphatic rings. The molecule has 0 aliphatic carbocycles. The van der Waals surface area contributed by atoms with Crippen LogP contribution in [0.25, 0.3) is 0 Å². The average Bonchev–Trinajstić information content (AvgIpc) is 3.42. The number of hydrogen-bond donors (Lipinski definition) is 6. The summed E-state index contributed by atoms with van der Waals surface area (Å²) in [4.78, 5) is 25.1. The smallest absolute Gasteiger partial charge is 0.305 e. The van der Waals surface area contributed by atoms with Gasteiger partial charge in [0.25, 0.3) is 0 Å². The van der Waals surface area contributed by atoms with Gasteiger partial charge in [-0.2, -0.15) is 0 Å². The Morgan fingerprint density at radius 3 is 1.22 bits per heavy atom. The largest absolute Gasteiger partial charge is 0.466 e. The molecule has 1 saturated heterocycles. The van der Waals surface area contributed by atoms with Crippen molar-refractivity contribution in [1.82, 2.24) is 5.32 Å². The van der Waals surface area contributed by atoms with Crippen molar-refractivity contribution in [3.8, 4) is 0 Å². The number of nitrogens with one attached hydrogen (secondary N) is 1. The second-order valence-electron chi connectivity index (χ2n) is 23.2. The van der Waals surface area contributed by atoms with E-state index in [4.69, 9.17) is 14.2 Å². The summed E-state index contributed by atoms with van der Waals surface area (Å²) in [6.07, 6.45) is 56.0. The Morgan fingerprint density at radius 1 is 0.474 bits per heavy atom. The molecule has 1 amide bonds. The molecule has 6 N–H and O–H groups in total. The number of amides is 1. The van der Waals surface area contributed by atoms with Gasteiger partial charge in [-0.1, -0.05) is 296 Å². The summed E-state index contributed by atoms with van der Waals surface area (Å²) in [5.74, 6) is -0.174. The van der Waals surface area contributed by atoms with Crippen molar-refractivity contribution in [2.75, 3.05) is 19.8 Å². The lowest BCUT2D eigenvalue weighted by atomic mass is 9.99. The molecule has 11 heteroatoms. The minimum atomic E-state index is -1.57. The van der Waals surface area contributed by atoms with Crippen LogP contribution < -0.4 is 5.32 Å². The number of hydrogen-bond acceptors (Lipinski definition) is 10. The molecule has 0 bridgehead atoms. The number of carbonyl (C=O) groups excluding carboxylic acids is 2. The van der Waals surface area contributed by atoms with Crippen molar-refractivity contribution in [3.05, 3.63) is 12.2 Å². The highest BCUT2D eigenvalue weighted by Gasteiger charge is 2.44. The van der Waals surface area contributed by atoms with Crippen LogP contribution in [0.5, 0.6) is 0 Å². The molecule has 0 spiro atoms. The van der Waals surface area contributed by atoms with Crippen LogP contribution in [0.15, 0.2) is 12.2 Å². The van der Waals surface area contributed by atoms with Crippen LogP contribution in [0.4, 0.5) is 0 Å². The Morgan fingerprint density at radius 2 is 0.829 bits per heavy atom. The van der Waals surface area contributed by atoms with Gasteiger partial charge in [0.15, 0.2) is 6.29 Å². The van der Waals surface area contributed by atoms with Gasteiger partial charge in [-0.3, -0.25) is 9.59 Å². The third kappa shape index (κ3) is 44.2. The average molecular weight is 1080 g/mol. The predicted octanol–water partition coefficient (Wildman–Crippen LogP) is 15.9. The lowest BCUT2D eigenvalue weighted by Gasteiger charge is -2.40. The van der Waals surface area contributed by atoms with E-state index in [1.807, 2.05) is 6.08 Å². The minimum absolute atomic E-state index is 0.00468. The number of allylic oxidation sites excluding steroid dienone is 1. The summed E-state index contributed by atoms with van der Waals surface area (Å²) in [6, 6.07) is -0.808. The number of ether oxygens (including phenoxy) is 3. The molecule has 1 fully saturated rings. The molecular formula is C65H125NO10. The van der Waals surface area contributed by atoms with E-state index in [0.29, 0.717) is 19.4 Å². The van der Waals surface area contributed by atoms with Gasteiger partial charge in [0.1, 0.15) is 24.4 Å². The topological polar surface area (TPSA) is 175 Å². The van der Waals surface area contributed by atoms with Crippen molar-refractivity contribution in [2.24, 2.45) is 0 Å². The summed E-state index contributed by atoms with van der Waals surface area (Å²) in [5.41, 5.74) is 0. The maximum atomic E-state index is 13.1. The zero-order chi connectivity index (χ0) is 55.2. The van der Waals surface area contributed by atoms with E-state index >= 15 is 0 Å². The molecule has 76 heavy (non-hydrogen) atoms. The van der Waals surface area contributed by atoms with Crippen LogP contribution in [0, 0.1) is 0 Å². The number of unbranched alkanes of at least 4 members (excludes halogenated alkanes) is 44. The Labute approximate surface area is 468 Å². The molecule has 1 rings (SSSR count). The molecule has 0 aromatic carbocycles. The first-order valence-corrected chi connectivity index (χ1v) is 33.0. The van der Waals surface area contributed by atoms with Gasteiger partial charge in [-0.15, -0.1) is 0 Å². The monoisotopic (exact) mass is 1080 g/mol. The maximum absolute atomic E-state index is 13.1. The molecule has 450 valence electrons. The zero-order valence-electron chi connectivity index (χ0n) is 49.7. The fraction of sp³-hybridized carbons (Fsp3) is 0.938. The number of esters is 1. The summed E-state index contributed by atoms with van der Waals surface area (Å²) in [5, 5.41) is 54.5. The van der Waals surface area contributed by atoms with Crippen molar-refractivity contribution in [1.29, 1.82) is 0 Å². The van der Waals surface area contributed by atoms with Gasteiger partial charge in [0.05, 0.1) is 32.0 Å². The number of aliphatic hydroxyl groups is 5. The fourth-order valence-electron chi connectivity index (χ4n) is 10.7. The molecule has 1 heterocycles. The lowest BCUT2D eigenvalue weighted by Crippen LogP contribution is -2.60. The van der Waals surface area contributed by atoms with Crippen LogP contribution in [0.1, 0.15) is 328 Å². The maximum Gasteiger partial charge on any atom is 0.305 e. The summed E-state index contributed by atoms with van der Waals surface area (Å²) >= 11 is 0. The molecular weight excluding hydrogens is 955 g/mol. The third-order valence-corrected chi connectivity index (χ3v) is 15.9. The minimum Gasteiger partial charge on any atom is -0.466 e. The quantitative estimate of drug-likeness (QED) is 0.0195. The highest BCUT2D eigenvalue weighted by Crippen LogP contribution is 2.23. The number of carbonyl (C=O) groups is 2. The first kappa shape index (κ1) is 72.4. The highest BCUT2D eigenvalue weighted by molar-refractivity contribution is 5.76. The van der Waals surface area contributed by atoms with Crippen molar-refractivity contribution < 1.29 is 49.3 Å². The van der Waals surface area contributed by atoms with Gasteiger partial charge in [-0.05, 0) is 32.1 Å². The molecule has 0 aromatic heterocycles. The third-order valence-electron chi connectivity index (χ3n) is 15.9. The van der Waals surface area contributed by atoms with E-state index in [1.54, 1.807) is 6.08 Å². The van der Waals surface area contributed by atoms with E-state index in [-0.39, 0.29) is 18.5 Å². The van der Waals surface area contributed by atoms with Crippen molar-refractivity contribution >= 4 is 11.9 Å². The lowest BCUT2D eigenvalue weighted by molar-refractivity contribution is -0.302. The molecule has 11 nitrogen and oxygen atoms in total. The zero-order valence-corrected chi connectivity index (χ0v) is 49.7. The number of rotatable bonds is 58. The molecule has 1 aliphatic heterocycles. The predicted molar refractivity (Wildman–Crippen MR) is 315 cm³/mol. The van der Waals surface area contributed by atoms with E-state index in [0.717, 1.165) is 57.8 Å². The second-order valence-corrected chi connectivity index (χ2v) is 23.2. The molecule has 0 aromatic rings. The van der Waals surface area contributed by atoms with Gasteiger partial charge in [-0.25, -0.2) is 0 Å². The first-order chi connectivity index (χ1) is 37.2. The van der Waals surface area contributed by atoms with E-state index in [2.05, 4.69) is 19.2 Å². The molecule has 0 radical (unpaired) electrons. The van der Waals surface area contributed by atoms with Gasteiger partial charge < -0.3 is 45.1 Å². The Hall–Kier alpha value is -1.60. The van der Waals surface area contributed by atoms with E-state index in [9.17, 15) is 35.1 Å². The van der Waals surface area contributed by atoms with Crippen LogP contribution in [-0.2, 0) is 23.8 Å². The second kappa shape index (κ2) is 55.3. The van der Waals surface area contributed by atoms with Gasteiger partial charge in [0, 0.05) is 12.8 Å². The Bertz CT molecular complexity index is 1270. The first-order valence-electron chi connectivity index (χ1n) is 33.0. The standard InChI is InChI=1S/C65H125NO10/c1-3-5-7-9-11-13-15-28-32-35-39-43-47-51-58(68)57(56-75-65-64(73)63(72)62(71)59(55-67)76-65)66-60(69)52-48-44-40-36-33-29-26-24-22-20-18-16-17-19-21-23-25-27-30-34-38-42-46-50-54-74-61(70)53-49-45-41-37-31-14-12-10-8-6-4-2/h47,51,57-59,62-65,67-68,71-73H,3-46,48-50,52-56H2,1-2H3,(H,66,69)/b51-47+. The normalized spacial score (nSPS) is 18.6. The SMILES string of the molecule is CCCCCCCCCCCCC/C=C/C(O)C(COC1OC(CO)C(O)C(O)C1O)NC(=O)CCCCCCCCCCCCCCCCCCCCCCCCCCOC(=O)CCCCCCCCCCCCC. The van der Waals surface area contributed by atoms with Gasteiger partial charge >= 0.3 is 5.97 Å². The van der Waals surface area contributed by atoms with Gasteiger partial charge in [0.2, 0.25) is 5.91 Å². The van der Waals surface area contributed by atoms with Crippen LogP contribution in [-0.4, -0.2) is 100 Å². The molecule has 0 saturated carbocycles. The summed E-state index contributed by atoms with van der Waals surface area (Å²) in [6.45, 7) is 4.37. The van der Waals surface area contributed by atoms with Crippen molar-refractivity contribution in [3.63, 3.8) is 0 Å². The van der Waals surface area contributed by atoms with Crippen LogP contribution >= 0.6 is 0 Å². The Balaban J connectivity index is 2.01. The molecule has 7 atom stereocenters. The van der Waals surface area contributed by atoms with Crippen molar-refractivity contribution in [2.45, 2.75) is 371 Å². The van der Waals surface area contributed by atoms with E-state index in [1.165, 1.54) is 244 Å². The van der Waals surface area contributed by atoms with E-state index < -0.39 is 49.5 Å². The Kier molecular flexibility index (Phi) is 52.7. The summed E-state index contributed by atoms with van der Waals surface area (Å²) in [7, 11) is 0. The summed E-state index contributed by atoms with van der Waals surface area (Å²) < 4.78 is 16.7. The highest BCUT2D eigenvalue weighted by atomic mass is 16.7. The fourth-order valence-corrected chi connectivity index (χ4v) is 10.7. The molecule has 7 unspecified atom stereocenters. The van der Waals surface area contributed by atoms with Crippen LogP contribution in [0.2, 0.25) is 0 Å². The van der Waals surface area contributed by atoms with Crippen LogP contribution in [0.3, 0.4) is 0 Å².